The Morgan fingerprint density at radius 2 is 2.00 bits per heavy atom. The van der Waals surface area contributed by atoms with Crippen LogP contribution in [0, 0.1) is 5.41 Å². The molecule has 1 aliphatic carbocycles. The molecule has 2 aliphatic rings. The van der Waals surface area contributed by atoms with Gasteiger partial charge in [0.05, 0.1) is 0 Å². The Morgan fingerprint density at radius 3 is 2.72 bits per heavy atom. The summed E-state index contributed by atoms with van der Waals surface area (Å²) in [5.74, 6) is 0.802. The van der Waals surface area contributed by atoms with E-state index in [2.05, 4.69) is 36.4 Å². The van der Waals surface area contributed by atoms with E-state index in [-0.39, 0.29) is 11.4 Å². The number of carbonyl (C=O) groups is 1. The highest BCUT2D eigenvalue weighted by Gasteiger charge is 2.46. The number of aliphatic imine (C=N–C) groups is 1. The summed E-state index contributed by atoms with van der Waals surface area (Å²) in [5, 5.41) is 6.26. The molecular weight excluding hydrogens is 226 g/mol. The Balaban J connectivity index is 2.10. The van der Waals surface area contributed by atoms with E-state index < -0.39 is 0 Å². The average molecular weight is 251 g/mol. The monoisotopic (exact) mass is 251 g/mol. The van der Waals surface area contributed by atoms with Crippen LogP contribution in [0.3, 0.4) is 0 Å². The molecule has 1 aliphatic heterocycles. The average Bonchev–Trinajstić information content (AvgIpc) is 2.52. The first-order valence-electron chi connectivity index (χ1n) is 7.12. The fourth-order valence-corrected chi connectivity index (χ4v) is 2.87. The molecule has 0 aromatic carbocycles. The minimum absolute atomic E-state index is 0.120. The number of amides is 1. The summed E-state index contributed by atoms with van der Waals surface area (Å²) in [4.78, 5) is 16.6. The van der Waals surface area contributed by atoms with E-state index in [0.717, 1.165) is 38.6 Å². The number of rotatable bonds is 2. The summed E-state index contributed by atoms with van der Waals surface area (Å²) in [7, 11) is 0. The summed E-state index contributed by atoms with van der Waals surface area (Å²) in [5.41, 5.74) is -0.0326. The van der Waals surface area contributed by atoms with Crippen LogP contribution in [0.1, 0.15) is 59.3 Å². The van der Waals surface area contributed by atoms with Crippen LogP contribution in [0.5, 0.6) is 0 Å². The smallest absolute Gasteiger partial charge is 0.252 e. The van der Waals surface area contributed by atoms with E-state index in [1.807, 2.05) is 0 Å². The number of nitrogens with one attached hydrogen (secondary N) is 2. The molecule has 1 unspecified atom stereocenters. The van der Waals surface area contributed by atoms with Crippen LogP contribution in [0.2, 0.25) is 0 Å². The summed E-state index contributed by atoms with van der Waals surface area (Å²) in [6.07, 6.45) is 6.24. The van der Waals surface area contributed by atoms with Crippen molar-refractivity contribution in [3.05, 3.63) is 0 Å². The molecule has 4 nitrogen and oxygen atoms in total. The molecule has 0 bridgehead atoms. The normalized spacial score (nSPS) is 33.3. The van der Waals surface area contributed by atoms with Crippen LogP contribution in [-0.2, 0) is 4.79 Å². The second kappa shape index (κ2) is 4.90. The standard InChI is InChI=1S/C14H25N3O/c1-4-10-15-12-16-11(18)14(17-12)7-5-6-13(2,3)8-9-14/h4-10H2,1-3H3,(H2,15,16,17,18). The maximum absolute atomic E-state index is 12.2. The molecule has 0 aromatic heterocycles. The highest BCUT2D eigenvalue weighted by molar-refractivity contribution is 6.09. The lowest BCUT2D eigenvalue weighted by Crippen LogP contribution is -2.46. The molecule has 2 rings (SSSR count). The summed E-state index contributed by atoms with van der Waals surface area (Å²) < 4.78 is 0. The molecule has 4 heteroatoms. The van der Waals surface area contributed by atoms with Crippen LogP contribution < -0.4 is 10.6 Å². The molecule has 1 amide bonds. The van der Waals surface area contributed by atoms with Crippen LogP contribution in [-0.4, -0.2) is 24.0 Å². The Hall–Kier alpha value is -1.06. The number of guanidine groups is 1. The van der Waals surface area contributed by atoms with Crippen LogP contribution >= 0.6 is 0 Å². The van der Waals surface area contributed by atoms with Crippen LogP contribution in [0.4, 0.5) is 0 Å². The van der Waals surface area contributed by atoms with E-state index in [9.17, 15) is 4.79 Å². The van der Waals surface area contributed by atoms with Crippen LogP contribution in [0.25, 0.3) is 0 Å². The minimum Gasteiger partial charge on any atom is -0.342 e. The van der Waals surface area contributed by atoms with Gasteiger partial charge in [0, 0.05) is 6.54 Å². The van der Waals surface area contributed by atoms with Gasteiger partial charge in [0.15, 0.2) is 5.96 Å². The van der Waals surface area contributed by atoms with Crippen molar-refractivity contribution in [3.63, 3.8) is 0 Å². The zero-order valence-electron chi connectivity index (χ0n) is 11.8. The first-order valence-corrected chi connectivity index (χ1v) is 7.12. The Kier molecular flexibility index (Phi) is 3.64. The SMILES string of the molecule is CCCN=C1NC(=O)C2(CCCC(C)(C)CC2)N1. The zero-order chi connectivity index (χ0) is 13.2. The summed E-state index contributed by atoms with van der Waals surface area (Å²) >= 11 is 0. The zero-order valence-corrected chi connectivity index (χ0v) is 11.8. The van der Waals surface area contributed by atoms with Gasteiger partial charge in [-0.05, 0) is 37.5 Å². The van der Waals surface area contributed by atoms with Crippen molar-refractivity contribution < 1.29 is 4.79 Å². The first kappa shape index (κ1) is 13.4. The van der Waals surface area contributed by atoms with Gasteiger partial charge >= 0.3 is 0 Å². The van der Waals surface area contributed by atoms with Crippen molar-refractivity contribution in [1.29, 1.82) is 0 Å². The van der Waals surface area contributed by atoms with Gasteiger partial charge < -0.3 is 5.32 Å². The molecule has 2 N–H and O–H groups in total. The predicted molar refractivity (Wildman–Crippen MR) is 73.5 cm³/mol. The van der Waals surface area contributed by atoms with Crippen molar-refractivity contribution in [3.8, 4) is 0 Å². The van der Waals surface area contributed by atoms with Crippen molar-refractivity contribution in [2.24, 2.45) is 10.4 Å². The van der Waals surface area contributed by atoms with Crippen molar-refractivity contribution >= 4 is 11.9 Å². The van der Waals surface area contributed by atoms with E-state index >= 15 is 0 Å². The molecule has 1 atom stereocenters. The van der Waals surface area contributed by atoms with Gasteiger partial charge in [0.2, 0.25) is 0 Å². The minimum atomic E-state index is -0.389. The third kappa shape index (κ3) is 2.68. The lowest BCUT2D eigenvalue weighted by molar-refractivity contribution is -0.124. The summed E-state index contributed by atoms with van der Waals surface area (Å²) in [6.45, 7) is 7.45. The van der Waals surface area contributed by atoms with E-state index in [4.69, 9.17) is 0 Å². The molecule has 0 radical (unpaired) electrons. The molecule has 18 heavy (non-hydrogen) atoms. The van der Waals surface area contributed by atoms with E-state index in [1.54, 1.807) is 0 Å². The highest BCUT2D eigenvalue weighted by Crippen LogP contribution is 2.39. The molecule has 0 aromatic rings. The maximum atomic E-state index is 12.2. The van der Waals surface area contributed by atoms with E-state index in [1.165, 1.54) is 6.42 Å². The largest absolute Gasteiger partial charge is 0.342 e. The van der Waals surface area contributed by atoms with E-state index in [0.29, 0.717) is 11.4 Å². The number of carbonyl (C=O) groups excluding carboxylic acids is 1. The Morgan fingerprint density at radius 1 is 1.22 bits per heavy atom. The van der Waals surface area contributed by atoms with Gasteiger partial charge in [-0.25, -0.2) is 0 Å². The molecular formula is C14H25N3O. The van der Waals surface area contributed by atoms with Crippen molar-refractivity contribution in [1.82, 2.24) is 10.6 Å². The predicted octanol–water partition coefficient (Wildman–Crippen LogP) is 2.20. The van der Waals surface area contributed by atoms with Crippen LogP contribution in [0.15, 0.2) is 4.99 Å². The van der Waals surface area contributed by atoms with Crippen molar-refractivity contribution in [2.75, 3.05) is 6.54 Å². The second-order valence-electron chi connectivity index (χ2n) is 6.41. The number of hydrogen-bond donors (Lipinski definition) is 2. The lowest BCUT2D eigenvalue weighted by Gasteiger charge is -2.26. The number of nitrogens with zero attached hydrogens (tertiary/aromatic N) is 1. The Bertz CT molecular complexity index is 362. The molecule has 2 fully saturated rings. The molecule has 102 valence electrons. The van der Waals surface area contributed by atoms with Gasteiger partial charge in [0.25, 0.3) is 5.91 Å². The Labute approximate surface area is 110 Å². The van der Waals surface area contributed by atoms with Gasteiger partial charge in [-0.15, -0.1) is 0 Å². The number of hydrogen-bond acceptors (Lipinski definition) is 2. The molecule has 1 saturated heterocycles. The summed E-state index contributed by atoms with van der Waals surface area (Å²) in [6, 6.07) is 0. The van der Waals surface area contributed by atoms with Gasteiger partial charge in [-0.3, -0.25) is 15.1 Å². The third-order valence-electron chi connectivity index (χ3n) is 4.20. The molecule has 1 heterocycles. The third-order valence-corrected chi connectivity index (χ3v) is 4.20. The molecule has 1 spiro atoms. The second-order valence-corrected chi connectivity index (χ2v) is 6.41. The van der Waals surface area contributed by atoms with Gasteiger partial charge in [0.1, 0.15) is 5.54 Å². The quantitative estimate of drug-likeness (QED) is 0.790. The molecule has 1 saturated carbocycles. The maximum Gasteiger partial charge on any atom is 0.252 e. The fraction of sp³-hybridized carbons (Fsp3) is 0.857. The highest BCUT2D eigenvalue weighted by atomic mass is 16.2. The van der Waals surface area contributed by atoms with Gasteiger partial charge in [-0.1, -0.05) is 27.2 Å². The topological polar surface area (TPSA) is 53.5 Å². The fourth-order valence-electron chi connectivity index (χ4n) is 2.87. The van der Waals surface area contributed by atoms with Crippen molar-refractivity contribution in [2.45, 2.75) is 64.8 Å². The lowest BCUT2D eigenvalue weighted by atomic mass is 9.83. The first-order chi connectivity index (χ1) is 8.47. The van der Waals surface area contributed by atoms with Gasteiger partial charge in [-0.2, -0.15) is 0 Å².